The molecule has 0 bridgehead atoms. The molecule has 0 saturated heterocycles. The number of alkyl halides is 4. The largest absolute Gasteiger partial charge is 0.446 e. The molecule has 18 heavy (non-hydrogen) atoms. The third kappa shape index (κ3) is 5.36. The van der Waals surface area contributed by atoms with Crippen molar-refractivity contribution >= 4 is 29.4 Å². The summed E-state index contributed by atoms with van der Waals surface area (Å²) >= 11 is 5.70. The van der Waals surface area contributed by atoms with Gasteiger partial charge < -0.3 is 0 Å². The Bertz CT molecular complexity index is 407. The van der Waals surface area contributed by atoms with E-state index in [-0.39, 0.29) is 16.7 Å². The van der Waals surface area contributed by atoms with E-state index in [2.05, 4.69) is 0 Å². The molecular weight excluding hydrogens is 281 g/mol. The van der Waals surface area contributed by atoms with E-state index < -0.39 is 5.51 Å². The third-order valence-electron chi connectivity index (χ3n) is 2.36. The molecule has 0 radical (unpaired) electrons. The maximum atomic E-state index is 12.1. The Morgan fingerprint density at radius 1 is 1.28 bits per heavy atom. The Morgan fingerprint density at radius 2 is 1.83 bits per heavy atom. The molecule has 0 amide bonds. The molecule has 0 nitrogen and oxygen atoms in total. The Kier molecular flexibility index (Phi) is 5.60. The van der Waals surface area contributed by atoms with Gasteiger partial charge in [-0.25, -0.2) is 0 Å². The quantitative estimate of drug-likeness (QED) is 0.516. The number of thioether (sulfide) groups is 1. The van der Waals surface area contributed by atoms with E-state index in [4.69, 9.17) is 11.6 Å². The van der Waals surface area contributed by atoms with Crippen LogP contribution in [-0.2, 0) is 0 Å². The van der Waals surface area contributed by atoms with Gasteiger partial charge in [0.1, 0.15) is 0 Å². The van der Waals surface area contributed by atoms with E-state index in [1.54, 1.807) is 12.1 Å². The van der Waals surface area contributed by atoms with Crippen LogP contribution >= 0.6 is 23.4 Å². The van der Waals surface area contributed by atoms with Crippen LogP contribution in [0.3, 0.4) is 0 Å². The molecular formula is C13H14ClF3S. The van der Waals surface area contributed by atoms with Crippen molar-refractivity contribution in [2.45, 2.75) is 24.3 Å². The van der Waals surface area contributed by atoms with E-state index in [1.807, 2.05) is 19.9 Å². The van der Waals surface area contributed by atoms with Gasteiger partial charge in [-0.3, -0.25) is 0 Å². The first-order chi connectivity index (χ1) is 8.31. The molecule has 0 saturated carbocycles. The Labute approximate surface area is 114 Å². The van der Waals surface area contributed by atoms with Crippen molar-refractivity contribution in [3.05, 3.63) is 35.4 Å². The van der Waals surface area contributed by atoms with Crippen LogP contribution in [0.1, 0.15) is 19.4 Å². The summed E-state index contributed by atoms with van der Waals surface area (Å²) in [4.78, 5) is 0.191. The summed E-state index contributed by atoms with van der Waals surface area (Å²) < 4.78 is 36.4. The molecule has 1 rings (SSSR count). The van der Waals surface area contributed by atoms with Crippen LogP contribution in [0.25, 0.3) is 6.08 Å². The average molecular weight is 295 g/mol. The highest BCUT2D eigenvalue weighted by atomic mass is 35.5. The van der Waals surface area contributed by atoms with Gasteiger partial charge in [0.15, 0.2) is 0 Å². The normalized spacial score (nSPS) is 13.2. The first kappa shape index (κ1) is 15.4. The second-order valence-electron chi connectivity index (χ2n) is 4.12. The molecule has 100 valence electrons. The Hall–Kier alpha value is -0.610. The minimum absolute atomic E-state index is 0.106. The van der Waals surface area contributed by atoms with Crippen LogP contribution < -0.4 is 0 Å². The third-order valence-corrected chi connectivity index (χ3v) is 3.41. The van der Waals surface area contributed by atoms with Crippen LogP contribution in [0.4, 0.5) is 13.2 Å². The lowest BCUT2D eigenvalue weighted by Crippen LogP contribution is -1.98. The van der Waals surface area contributed by atoms with E-state index in [1.165, 1.54) is 12.1 Å². The van der Waals surface area contributed by atoms with Gasteiger partial charge in [0.05, 0.1) is 0 Å². The number of benzene rings is 1. The van der Waals surface area contributed by atoms with Crippen molar-refractivity contribution in [1.29, 1.82) is 0 Å². The second-order valence-corrected chi connectivity index (χ2v) is 5.53. The molecule has 5 heteroatoms. The summed E-state index contributed by atoms with van der Waals surface area (Å²) in [6, 6.07) is 6.28. The predicted octanol–water partition coefficient (Wildman–Crippen LogP) is 5.58. The van der Waals surface area contributed by atoms with Crippen LogP contribution in [-0.4, -0.2) is 11.4 Å². The Balaban J connectivity index is 2.83. The number of hydrogen-bond acceptors (Lipinski definition) is 1. The molecule has 0 N–H and O–H groups in total. The second kappa shape index (κ2) is 6.53. The van der Waals surface area contributed by atoms with E-state index in [0.717, 1.165) is 11.1 Å². The number of halogens is 4. The first-order valence-corrected chi connectivity index (χ1v) is 6.79. The van der Waals surface area contributed by atoms with E-state index in [0.29, 0.717) is 11.8 Å². The summed E-state index contributed by atoms with van der Waals surface area (Å²) in [5.41, 5.74) is -2.31. The summed E-state index contributed by atoms with van der Waals surface area (Å²) in [7, 11) is 0. The summed E-state index contributed by atoms with van der Waals surface area (Å²) in [5, 5.41) is 0. The average Bonchev–Trinajstić information content (AvgIpc) is 2.25. The summed E-state index contributed by atoms with van der Waals surface area (Å²) in [5.74, 6) is 0.753. The fourth-order valence-corrected chi connectivity index (χ4v) is 2.26. The minimum Gasteiger partial charge on any atom is -0.160 e. The zero-order valence-corrected chi connectivity index (χ0v) is 11.7. The van der Waals surface area contributed by atoms with E-state index in [9.17, 15) is 13.2 Å². The predicted molar refractivity (Wildman–Crippen MR) is 71.9 cm³/mol. The van der Waals surface area contributed by atoms with Crippen LogP contribution in [0, 0.1) is 5.92 Å². The maximum absolute atomic E-state index is 12.1. The number of hydrogen-bond donors (Lipinski definition) is 0. The van der Waals surface area contributed by atoms with Crippen LogP contribution in [0.5, 0.6) is 0 Å². The lowest BCUT2D eigenvalue weighted by Gasteiger charge is -2.08. The van der Waals surface area contributed by atoms with E-state index >= 15 is 0 Å². The van der Waals surface area contributed by atoms with Gasteiger partial charge in [-0.15, -0.1) is 11.6 Å². The molecule has 1 aromatic rings. The molecule has 0 aliphatic rings. The molecule has 0 aliphatic heterocycles. The molecule has 0 aliphatic carbocycles. The van der Waals surface area contributed by atoms with Crippen molar-refractivity contribution in [2.24, 2.45) is 5.92 Å². The monoisotopic (exact) mass is 294 g/mol. The van der Waals surface area contributed by atoms with Gasteiger partial charge in [0, 0.05) is 10.8 Å². The molecule has 0 spiro atoms. The molecule has 0 atom stereocenters. The first-order valence-electron chi connectivity index (χ1n) is 5.44. The van der Waals surface area contributed by atoms with Gasteiger partial charge in [0.2, 0.25) is 0 Å². The number of allylic oxidation sites excluding steroid dienone is 1. The van der Waals surface area contributed by atoms with Gasteiger partial charge in [-0.2, -0.15) is 13.2 Å². The highest BCUT2D eigenvalue weighted by Crippen LogP contribution is 2.36. The molecule has 1 aromatic carbocycles. The molecule has 0 unspecified atom stereocenters. The fourth-order valence-electron chi connectivity index (χ4n) is 1.34. The van der Waals surface area contributed by atoms with Crippen molar-refractivity contribution < 1.29 is 13.2 Å². The highest BCUT2D eigenvalue weighted by molar-refractivity contribution is 8.00. The SMILES string of the molecule is CC(C)C(=Cc1ccc(SC(F)(F)F)cc1)CCl. The zero-order chi connectivity index (χ0) is 13.8. The molecule has 0 aromatic heterocycles. The number of rotatable bonds is 4. The lowest BCUT2D eigenvalue weighted by atomic mass is 10.0. The van der Waals surface area contributed by atoms with Gasteiger partial charge in [-0.1, -0.05) is 37.6 Å². The van der Waals surface area contributed by atoms with Crippen LogP contribution in [0.2, 0.25) is 0 Å². The van der Waals surface area contributed by atoms with Crippen molar-refractivity contribution in [1.82, 2.24) is 0 Å². The summed E-state index contributed by atoms with van der Waals surface area (Å²) in [6.07, 6.45) is 1.92. The lowest BCUT2D eigenvalue weighted by molar-refractivity contribution is -0.0328. The molecule has 0 fully saturated rings. The smallest absolute Gasteiger partial charge is 0.160 e. The minimum atomic E-state index is -4.24. The summed E-state index contributed by atoms with van der Waals surface area (Å²) in [6.45, 7) is 4.06. The topological polar surface area (TPSA) is 0 Å². The van der Waals surface area contributed by atoms with Crippen LogP contribution in [0.15, 0.2) is 34.7 Å². The van der Waals surface area contributed by atoms with Crippen molar-refractivity contribution in [3.63, 3.8) is 0 Å². The standard InChI is InChI=1S/C13H14ClF3S/c1-9(2)11(8-14)7-10-3-5-12(6-4-10)18-13(15,16)17/h3-7,9H,8H2,1-2H3. The van der Waals surface area contributed by atoms with Gasteiger partial charge in [-0.05, 0) is 35.4 Å². The molecule has 0 heterocycles. The van der Waals surface area contributed by atoms with Crippen molar-refractivity contribution in [2.75, 3.05) is 5.88 Å². The Morgan fingerprint density at radius 3 is 2.22 bits per heavy atom. The maximum Gasteiger partial charge on any atom is 0.446 e. The van der Waals surface area contributed by atoms with Gasteiger partial charge >= 0.3 is 5.51 Å². The van der Waals surface area contributed by atoms with Crippen molar-refractivity contribution in [3.8, 4) is 0 Å². The highest BCUT2D eigenvalue weighted by Gasteiger charge is 2.28. The fraction of sp³-hybridized carbons (Fsp3) is 0.385. The zero-order valence-electron chi connectivity index (χ0n) is 10.1. The van der Waals surface area contributed by atoms with Gasteiger partial charge in [0.25, 0.3) is 0 Å².